The van der Waals surface area contributed by atoms with E-state index in [0.717, 1.165) is 12.1 Å². The number of benzene rings is 2. The molecule has 2 aromatic rings. The summed E-state index contributed by atoms with van der Waals surface area (Å²) in [4.78, 5) is -0.198. The van der Waals surface area contributed by atoms with Crippen LogP contribution in [0.2, 0.25) is 10.0 Å². The highest BCUT2D eigenvalue weighted by atomic mass is 79.9. The maximum atomic E-state index is 13.2. The average Bonchev–Trinajstić information content (AvgIpc) is 2.36. The Morgan fingerprint density at radius 2 is 1.81 bits per heavy atom. The van der Waals surface area contributed by atoms with Gasteiger partial charge in [0, 0.05) is 10.2 Å². The number of hydrogen-bond acceptors (Lipinski definition) is 3. The van der Waals surface area contributed by atoms with Crippen LogP contribution >= 0.6 is 39.1 Å². The molecule has 0 aliphatic heterocycles. The van der Waals surface area contributed by atoms with E-state index >= 15 is 0 Å². The molecular formula is C12H8BrCl2FN2O2S. The van der Waals surface area contributed by atoms with E-state index in [1.165, 1.54) is 18.2 Å². The van der Waals surface area contributed by atoms with Gasteiger partial charge in [0.25, 0.3) is 10.0 Å². The highest BCUT2D eigenvalue weighted by Gasteiger charge is 2.21. The number of nitrogens with one attached hydrogen (secondary N) is 1. The van der Waals surface area contributed by atoms with E-state index in [4.69, 9.17) is 28.9 Å². The standard InChI is InChI=1S/C12H8BrCl2FN2O2S/c13-8-3-6(16)4-10(15)12(8)18-21(19,20)11-5-7(17)1-2-9(11)14/h1-5,18H,17H2. The second-order valence-electron chi connectivity index (χ2n) is 4.04. The van der Waals surface area contributed by atoms with E-state index in [1.54, 1.807) is 0 Å². The Morgan fingerprint density at radius 1 is 1.14 bits per heavy atom. The summed E-state index contributed by atoms with van der Waals surface area (Å²) in [5.41, 5.74) is 5.81. The van der Waals surface area contributed by atoms with Gasteiger partial charge in [-0.25, -0.2) is 12.8 Å². The third-order valence-corrected chi connectivity index (χ3v) is 5.24. The van der Waals surface area contributed by atoms with Crippen LogP contribution in [-0.4, -0.2) is 8.42 Å². The van der Waals surface area contributed by atoms with Gasteiger partial charge in [0.05, 0.1) is 15.7 Å². The van der Waals surface area contributed by atoms with Crippen molar-refractivity contribution >= 4 is 60.5 Å². The first-order valence-electron chi connectivity index (χ1n) is 5.43. The Kier molecular flexibility index (Phi) is 4.67. The first-order chi connectivity index (χ1) is 9.70. The van der Waals surface area contributed by atoms with Crippen molar-refractivity contribution in [2.24, 2.45) is 0 Å². The maximum absolute atomic E-state index is 13.2. The number of halogens is 4. The molecule has 0 amide bonds. The molecule has 21 heavy (non-hydrogen) atoms. The number of nitrogens with two attached hydrogens (primary N) is 1. The van der Waals surface area contributed by atoms with Crippen LogP contribution in [0.15, 0.2) is 39.7 Å². The summed E-state index contributed by atoms with van der Waals surface area (Å²) < 4.78 is 40.2. The third kappa shape index (κ3) is 3.60. The van der Waals surface area contributed by atoms with Gasteiger partial charge in [0.1, 0.15) is 10.7 Å². The van der Waals surface area contributed by atoms with Crippen LogP contribution in [0, 0.1) is 5.82 Å². The highest BCUT2D eigenvalue weighted by Crippen LogP contribution is 2.34. The van der Waals surface area contributed by atoms with E-state index in [0.29, 0.717) is 0 Å². The van der Waals surface area contributed by atoms with Crippen LogP contribution < -0.4 is 10.5 Å². The van der Waals surface area contributed by atoms with Crippen molar-refractivity contribution in [1.29, 1.82) is 0 Å². The summed E-state index contributed by atoms with van der Waals surface area (Å²) in [5.74, 6) is -0.600. The van der Waals surface area contributed by atoms with Crippen LogP contribution in [0.4, 0.5) is 15.8 Å². The third-order valence-electron chi connectivity index (χ3n) is 2.49. The lowest BCUT2D eigenvalue weighted by atomic mass is 10.3. The molecule has 0 bridgehead atoms. The molecule has 0 aliphatic carbocycles. The quantitative estimate of drug-likeness (QED) is 0.737. The molecule has 3 N–H and O–H groups in total. The highest BCUT2D eigenvalue weighted by molar-refractivity contribution is 9.10. The van der Waals surface area contributed by atoms with E-state index < -0.39 is 15.8 Å². The summed E-state index contributed by atoms with van der Waals surface area (Å²) in [6.07, 6.45) is 0. The molecule has 0 heterocycles. The van der Waals surface area contributed by atoms with Gasteiger partial charge < -0.3 is 5.73 Å². The molecule has 4 nitrogen and oxygen atoms in total. The minimum atomic E-state index is -4.02. The first kappa shape index (κ1) is 16.4. The molecule has 0 aromatic heterocycles. The van der Waals surface area contributed by atoms with Crippen molar-refractivity contribution in [2.45, 2.75) is 4.90 Å². The van der Waals surface area contributed by atoms with Crippen molar-refractivity contribution in [1.82, 2.24) is 0 Å². The zero-order valence-electron chi connectivity index (χ0n) is 10.2. The molecule has 9 heteroatoms. The lowest BCUT2D eigenvalue weighted by Gasteiger charge is -2.13. The number of nitrogen functional groups attached to an aromatic ring is 1. The van der Waals surface area contributed by atoms with Gasteiger partial charge >= 0.3 is 0 Å². The molecule has 0 radical (unpaired) electrons. The monoisotopic (exact) mass is 412 g/mol. The van der Waals surface area contributed by atoms with E-state index in [2.05, 4.69) is 20.7 Å². The number of anilines is 2. The van der Waals surface area contributed by atoms with Crippen LogP contribution in [-0.2, 0) is 10.0 Å². The van der Waals surface area contributed by atoms with Gasteiger partial charge in [-0.1, -0.05) is 23.2 Å². The van der Waals surface area contributed by atoms with Crippen molar-refractivity contribution in [3.63, 3.8) is 0 Å². The molecule has 2 rings (SSSR count). The zero-order valence-corrected chi connectivity index (χ0v) is 14.1. The molecule has 0 spiro atoms. The van der Waals surface area contributed by atoms with Gasteiger partial charge in [-0.05, 0) is 46.3 Å². The van der Waals surface area contributed by atoms with Crippen LogP contribution in [0.25, 0.3) is 0 Å². The van der Waals surface area contributed by atoms with Crippen molar-refractivity contribution in [3.05, 3.63) is 50.7 Å². The van der Waals surface area contributed by atoms with Gasteiger partial charge in [-0.15, -0.1) is 0 Å². The molecule has 112 valence electrons. The molecule has 0 unspecified atom stereocenters. The molecule has 0 saturated heterocycles. The maximum Gasteiger partial charge on any atom is 0.263 e. The molecule has 0 fully saturated rings. The van der Waals surface area contributed by atoms with Gasteiger partial charge in [-0.3, -0.25) is 4.72 Å². The summed E-state index contributed by atoms with van der Waals surface area (Å²) in [6, 6.07) is 6.14. The first-order valence-corrected chi connectivity index (χ1v) is 8.46. The van der Waals surface area contributed by atoms with E-state index in [9.17, 15) is 12.8 Å². The summed E-state index contributed by atoms with van der Waals surface area (Å²) in [6.45, 7) is 0. The Hall–Kier alpha value is -1.02. The van der Waals surface area contributed by atoms with Gasteiger partial charge in [0.15, 0.2) is 0 Å². The Bertz CT molecular complexity index is 792. The van der Waals surface area contributed by atoms with Gasteiger partial charge in [0.2, 0.25) is 0 Å². The van der Waals surface area contributed by atoms with Crippen molar-refractivity contribution in [2.75, 3.05) is 10.5 Å². The second kappa shape index (κ2) is 6.00. The second-order valence-corrected chi connectivity index (χ2v) is 7.36. The fraction of sp³-hybridized carbons (Fsp3) is 0. The largest absolute Gasteiger partial charge is 0.399 e. The summed E-state index contributed by atoms with van der Waals surface area (Å²) in [7, 11) is -4.02. The van der Waals surface area contributed by atoms with Crippen LogP contribution in [0.1, 0.15) is 0 Å². The average molecular weight is 414 g/mol. The Balaban J connectivity index is 2.50. The molecular weight excluding hydrogens is 406 g/mol. The van der Waals surface area contributed by atoms with Crippen molar-refractivity contribution in [3.8, 4) is 0 Å². The molecule has 0 atom stereocenters. The fourth-order valence-electron chi connectivity index (χ4n) is 1.55. The molecule has 0 aliphatic rings. The topological polar surface area (TPSA) is 72.2 Å². The minimum Gasteiger partial charge on any atom is -0.399 e. The van der Waals surface area contributed by atoms with E-state index in [1.807, 2.05) is 0 Å². The van der Waals surface area contributed by atoms with Crippen LogP contribution in [0.5, 0.6) is 0 Å². The fourth-order valence-corrected chi connectivity index (χ4v) is 4.28. The normalized spacial score (nSPS) is 11.4. The molecule has 2 aromatic carbocycles. The molecule has 0 saturated carbocycles. The zero-order chi connectivity index (χ0) is 15.8. The Morgan fingerprint density at radius 3 is 2.43 bits per heavy atom. The smallest absolute Gasteiger partial charge is 0.263 e. The lowest BCUT2D eigenvalue weighted by Crippen LogP contribution is -2.14. The Labute approximate surface area is 139 Å². The SMILES string of the molecule is Nc1ccc(Cl)c(S(=O)(=O)Nc2c(Cl)cc(F)cc2Br)c1. The van der Waals surface area contributed by atoms with Crippen molar-refractivity contribution < 1.29 is 12.8 Å². The van der Waals surface area contributed by atoms with Gasteiger partial charge in [-0.2, -0.15) is 0 Å². The number of sulfonamides is 1. The minimum absolute atomic E-state index is 0.00561. The summed E-state index contributed by atoms with van der Waals surface area (Å²) in [5, 5.41) is -0.0865. The van der Waals surface area contributed by atoms with Crippen LogP contribution in [0.3, 0.4) is 0 Å². The predicted octanol–water partition coefficient (Wildman–Crippen LogP) is 4.28. The number of hydrogen-bond donors (Lipinski definition) is 2. The summed E-state index contributed by atoms with van der Waals surface area (Å²) >= 11 is 14.8. The van der Waals surface area contributed by atoms with E-state index in [-0.39, 0.29) is 30.8 Å². The predicted molar refractivity (Wildman–Crippen MR) is 85.8 cm³/mol. The number of rotatable bonds is 3. The lowest BCUT2D eigenvalue weighted by molar-refractivity contribution is 0.601.